The van der Waals surface area contributed by atoms with Crippen LogP contribution in [0.5, 0.6) is 0 Å². The van der Waals surface area contributed by atoms with Crippen LogP contribution in [0.2, 0.25) is 0 Å². The van der Waals surface area contributed by atoms with Gasteiger partial charge in [-0.2, -0.15) is 0 Å². The molecule has 1 atom stereocenters. The van der Waals surface area contributed by atoms with Crippen LogP contribution in [-0.2, 0) is 10.8 Å². The number of rotatable bonds is 8. The molecule has 0 radical (unpaired) electrons. The van der Waals surface area contributed by atoms with Crippen molar-refractivity contribution in [1.82, 2.24) is 0 Å². The predicted molar refractivity (Wildman–Crippen MR) is 277 cm³/mol. The van der Waals surface area contributed by atoms with E-state index in [4.69, 9.17) is 0 Å². The first-order chi connectivity index (χ1) is 32.4. The van der Waals surface area contributed by atoms with E-state index in [2.05, 4.69) is 262 Å². The predicted octanol–water partition coefficient (Wildman–Crippen LogP) is 16.5. The maximum atomic E-state index is 2.61. The zero-order valence-corrected chi connectivity index (χ0v) is 37.7. The van der Waals surface area contributed by atoms with Gasteiger partial charge in [-0.25, -0.2) is 0 Å². The fourth-order valence-corrected chi connectivity index (χ4v) is 11.4. The molecule has 0 spiro atoms. The zero-order valence-electron chi connectivity index (χ0n) is 37.7. The monoisotopic (exact) mass is 845 g/mol. The van der Waals surface area contributed by atoms with Gasteiger partial charge in [-0.15, -0.1) is 0 Å². The summed E-state index contributed by atoms with van der Waals surface area (Å²) in [6, 6.07) is 81.8. The molecular formula is C65H51N. The van der Waals surface area contributed by atoms with Gasteiger partial charge in [0.15, 0.2) is 0 Å². The van der Waals surface area contributed by atoms with Gasteiger partial charge >= 0.3 is 0 Å². The number of benzene rings is 9. The summed E-state index contributed by atoms with van der Waals surface area (Å²) in [5.74, 6) is 0. The van der Waals surface area contributed by atoms with E-state index in [1.54, 1.807) is 0 Å². The van der Waals surface area contributed by atoms with Gasteiger partial charge in [0, 0.05) is 16.8 Å². The molecule has 0 fully saturated rings. The van der Waals surface area contributed by atoms with E-state index in [-0.39, 0.29) is 11.5 Å². The lowest BCUT2D eigenvalue weighted by atomic mass is 9.67. The fraction of sp³-hybridized carbons (Fsp3) is 0.108. The van der Waals surface area contributed by atoms with Crippen molar-refractivity contribution < 1.29 is 0 Å². The molecule has 1 unspecified atom stereocenters. The number of hydrogen-bond acceptors (Lipinski definition) is 1. The molecule has 316 valence electrons. The van der Waals surface area contributed by atoms with Gasteiger partial charge in [-0.05, 0) is 133 Å². The van der Waals surface area contributed by atoms with Crippen molar-refractivity contribution in [3.63, 3.8) is 0 Å². The molecule has 0 heterocycles. The Morgan fingerprint density at radius 2 is 0.924 bits per heavy atom. The first-order valence-electron chi connectivity index (χ1n) is 23.4. The van der Waals surface area contributed by atoms with E-state index < -0.39 is 5.41 Å². The van der Waals surface area contributed by atoms with Crippen molar-refractivity contribution in [2.75, 3.05) is 4.90 Å². The van der Waals surface area contributed by atoms with E-state index in [0.717, 1.165) is 6.42 Å². The minimum absolute atomic E-state index is 0.0966. The Labute approximate surface area is 389 Å². The summed E-state index contributed by atoms with van der Waals surface area (Å²) in [6.07, 6.45) is 8.09. The van der Waals surface area contributed by atoms with Crippen molar-refractivity contribution in [2.45, 2.75) is 44.1 Å². The van der Waals surface area contributed by atoms with Gasteiger partial charge in [0.05, 0.1) is 11.5 Å². The van der Waals surface area contributed by atoms with Gasteiger partial charge in [-0.3, -0.25) is 0 Å². The van der Waals surface area contributed by atoms with Crippen molar-refractivity contribution >= 4 is 16.9 Å². The van der Waals surface area contributed by atoms with Crippen molar-refractivity contribution in [1.29, 1.82) is 0 Å². The van der Waals surface area contributed by atoms with Crippen LogP contribution in [0.15, 0.2) is 237 Å². The standard InChI is InChI=1S/C65H51N/c1-44-23-25-46(26-24-44)48-31-34-53(35-32-48)66(54-36-38-57-56-21-13-14-22-60(56)64(2,3)62(57)42-54)55-37-39-58-59-41-50(49-29-27-47(28-30-49)45-15-7-4-8-16-45)33-40-61(59)65(63(58)43-55,51-17-9-5-10-18-51)52-19-11-6-12-20-52/h4-34,36-43,53H,35H2,1-3H3. The zero-order chi connectivity index (χ0) is 44.4. The Hall–Kier alpha value is -7.74. The molecule has 0 saturated carbocycles. The molecular weight excluding hydrogens is 795 g/mol. The normalized spacial score (nSPS) is 15.9. The van der Waals surface area contributed by atoms with E-state index in [0.29, 0.717) is 0 Å². The highest BCUT2D eigenvalue weighted by molar-refractivity contribution is 5.91. The lowest BCUT2D eigenvalue weighted by molar-refractivity contribution is 0.659. The molecule has 1 heteroatoms. The third-order valence-corrected chi connectivity index (χ3v) is 14.8. The molecule has 0 amide bonds. The van der Waals surface area contributed by atoms with Crippen LogP contribution >= 0.6 is 0 Å². The second-order valence-corrected chi connectivity index (χ2v) is 18.9. The Bertz CT molecular complexity index is 3300. The second kappa shape index (κ2) is 15.8. The summed E-state index contributed by atoms with van der Waals surface area (Å²) in [5, 5.41) is 0. The smallest absolute Gasteiger partial charge is 0.0714 e. The Morgan fingerprint density at radius 3 is 1.56 bits per heavy atom. The van der Waals surface area contributed by atoms with E-state index >= 15 is 0 Å². The fourth-order valence-electron chi connectivity index (χ4n) is 11.4. The first kappa shape index (κ1) is 39.8. The minimum atomic E-state index is -0.549. The average molecular weight is 846 g/mol. The Morgan fingerprint density at radius 1 is 0.409 bits per heavy atom. The van der Waals surface area contributed by atoms with Gasteiger partial charge in [0.1, 0.15) is 0 Å². The minimum Gasteiger partial charge on any atom is -0.334 e. The van der Waals surface area contributed by atoms with E-state index in [1.165, 1.54) is 106 Å². The van der Waals surface area contributed by atoms with Gasteiger partial charge in [-0.1, -0.05) is 226 Å². The first-order valence-corrected chi connectivity index (χ1v) is 23.4. The number of anilines is 2. The molecule has 0 bridgehead atoms. The topological polar surface area (TPSA) is 3.24 Å². The summed E-state index contributed by atoms with van der Waals surface area (Å²) in [6.45, 7) is 6.92. The maximum absolute atomic E-state index is 2.61. The second-order valence-electron chi connectivity index (χ2n) is 18.9. The third kappa shape index (κ3) is 6.37. The molecule has 66 heavy (non-hydrogen) atoms. The van der Waals surface area contributed by atoms with Crippen molar-refractivity contribution in [3.8, 4) is 44.5 Å². The highest BCUT2D eigenvalue weighted by Crippen LogP contribution is 2.58. The number of nitrogens with zero attached hydrogens (tertiary/aromatic N) is 1. The van der Waals surface area contributed by atoms with Crippen LogP contribution in [0, 0.1) is 6.92 Å². The summed E-state index contributed by atoms with van der Waals surface area (Å²) in [7, 11) is 0. The highest BCUT2D eigenvalue weighted by Gasteiger charge is 2.47. The summed E-state index contributed by atoms with van der Waals surface area (Å²) < 4.78 is 0. The summed E-state index contributed by atoms with van der Waals surface area (Å²) in [5.41, 5.74) is 23.6. The molecule has 3 aliphatic rings. The molecule has 0 aliphatic heterocycles. The lowest BCUT2D eigenvalue weighted by Crippen LogP contribution is -2.32. The van der Waals surface area contributed by atoms with Gasteiger partial charge in [0.2, 0.25) is 0 Å². The largest absolute Gasteiger partial charge is 0.334 e. The molecule has 12 rings (SSSR count). The van der Waals surface area contributed by atoms with Gasteiger partial charge < -0.3 is 4.90 Å². The number of allylic oxidation sites excluding steroid dienone is 2. The maximum Gasteiger partial charge on any atom is 0.0714 e. The quantitative estimate of drug-likeness (QED) is 0.147. The number of hydrogen-bond donors (Lipinski definition) is 0. The van der Waals surface area contributed by atoms with Crippen LogP contribution < -0.4 is 4.90 Å². The van der Waals surface area contributed by atoms with E-state index in [1.807, 2.05) is 0 Å². The van der Waals surface area contributed by atoms with Crippen LogP contribution in [0.3, 0.4) is 0 Å². The molecule has 3 aliphatic carbocycles. The van der Waals surface area contributed by atoms with Gasteiger partial charge in [0.25, 0.3) is 0 Å². The summed E-state index contributed by atoms with van der Waals surface area (Å²) in [4.78, 5) is 2.61. The Balaban J connectivity index is 1.04. The van der Waals surface area contributed by atoms with Crippen molar-refractivity contribution in [2.24, 2.45) is 0 Å². The number of aryl methyl sites for hydroxylation is 1. The van der Waals surface area contributed by atoms with Crippen LogP contribution in [0.1, 0.15) is 64.8 Å². The molecule has 0 aromatic heterocycles. The lowest BCUT2D eigenvalue weighted by Gasteiger charge is -2.37. The number of fused-ring (bicyclic) bond motifs is 6. The third-order valence-electron chi connectivity index (χ3n) is 14.8. The average Bonchev–Trinajstić information content (AvgIpc) is 3.80. The van der Waals surface area contributed by atoms with Crippen molar-refractivity contribution in [3.05, 3.63) is 281 Å². The van der Waals surface area contributed by atoms with Crippen LogP contribution in [-0.4, -0.2) is 6.04 Å². The molecule has 0 saturated heterocycles. The van der Waals surface area contributed by atoms with E-state index in [9.17, 15) is 0 Å². The van der Waals surface area contributed by atoms with Crippen LogP contribution in [0.25, 0.3) is 50.1 Å². The molecule has 0 N–H and O–H groups in total. The molecule has 1 nitrogen and oxygen atoms in total. The summed E-state index contributed by atoms with van der Waals surface area (Å²) >= 11 is 0. The molecule has 9 aromatic rings. The Kier molecular flexibility index (Phi) is 9.50. The SMILES string of the molecule is Cc1ccc(C2=CCC(N(c3ccc4c(c3)C(C)(C)c3ccccc3-4)c3ccc4c(c3)C(c3ccccc3)(c3ccccc3)c3ccc(-c5ccc(-c6ccccc6)cc5)cc3-4)C=C2)cc1. The molecule has 9 aromatic carbocycles. The van der Waals surface area contributed by atoms with Crippen LogP contribution in [0.4, 0.5) is 11.4 Å². The highest BCUT2D eigenvalue weighted by atomic mass is 15.2.